The second-order valence-corrected chi connectivity index (χ2v) is 12.3. The van der Waals surface area contributed by atoms with Gasteiger partial charge in [-0.25, -0.2) is 9.97 Å². The standard InChI is InChI=1S/C27H18N16S3/c1-2-16(28-5-1)26(18-13-46-43-36-18)21(14-3-6-32-34-14)19(15-12-33-40-35-15)20(23-37-41-42-38-23)22(24-29-9-11-44-24)27(26,17-4-10-45-39-17)25-30-7-8-31-25/h1-13,28H,(H,30,31)(H,32,34)(H,33,35,40)(H,37,38,41,42). The molecule has 5 N–H and O–H groups in total. The van der Waals surface area contributed by atoms with Crippen molar-refractivity contribution in [2.45, 2.75) is 10.8 Å². The van der Waals surface area contributed by atoms with Crippen LogP contribution in [-0.4, -0.2) is 80.1 Å². The number of aromatic nitrogens is 16. The lowest BCUT2D eigenvalue weighted by atomic mass is 9.47. The first-order valence-corrected chi connectivity index (χ1v) is 16.2. The van der Waals surface area contributed by atoms with Crippen LogP contribution in [0.3, 0.4) is 0 Å². The Morgan fingerprint density at radius 2 is 1.76 bits per heavy atom. The molecule has 0 radical (unpaired) electrons. The average Bonchev–Trinajstić information content (AvgIpc) is 3.96. The van der Waals surface area contributed by atoms with Crippen molar-refractivity contribution in [3.05, 3.63) is 123 Å². The molecule has 0 saturated carbocycles. The molecule has 0 aromatic carbocycles. The number of tetrazole rings is 1. The summed E-state index contributed by atoms with van der Waals surface area (Å²) in [4.78, 5) is 17.0. The fourth-order valence-corrected chi connectivity index (χ4v) is 8.53. The summed E-state index contributed by atoms with van der Waals surface area (Å²) < 4.78 is 9.50. The molecular weight excluding hydrogens is 645 g/mol. The number of allylic oxidation sites excluding steroid dienone is 4. The van der Waals surface area contributed by atoms with Crippen LogP contribution < -0.4 is 0 Å². The maximum absolute atomic E-state index is 5.08. The first-order chi connectivity index (χ1) is 22.8. The largest absolute Gasteiger partial charge is 0.364 e. The lowest BCUT2D eigenvalue weighted by Crippen LogP contribution is -2.56. The Hall–Kier alpha value is -5.79. The summed E-state index contributed by atoms with van der Waals surface area (Å²) in [5, 5.41) is 46.4. The monoisotopic (exact) mass is 662 g/mol. The van der Waals surface area contributed by atoms with Crippen molar-refractivity contribution in [3.8, 4) is 0 Å². The topological polar surface area (TPSA) is 221 Å². The molecule has 0 aliphatic heterocycles. The van der Waals surface area contributed by atoms with Crippen molar-refractivity contribution in [1.82, 2.24) is 80.1 Å². The molecule has 0 fully saturated rings. The van der Waals surface area contributed by atoms with Gasteiger partial charge in [0.2, 0.25) is 5.82 Å². The van der Waals surface area contributed by atoms with Crippen LogP contribution >= 0.6 is 34.4 Å². The number of imidazole rings is 1. The molecule has 9 rings (SSSR count). The molecule has 2 atom stereocenters. The van der Waals surface area contributed by atoms with E-state index in [2.05, 4.69) is 60.7 Å². The van der Waals surface area contributed by atoms with E-state index in [4.69, 9.17) is 19.4 Å². The minimum atomic E-state index is -1.32. The Balaban J connectivity index is 1.66. The number of nitrogens with one attached hydrogen (secondary N) is 5. The van der Waals surface area contributed by atoms with Gasteiger partial charge in [0.15, 0.2) is 0 Å². The highest BCUT2D eigenvalue weighted by molar-refractivity contribution is 7.10. The highest BCUT2D eigenvalue weighted by atomic mass is 32.1. The second kappa shape index (κ2) is 10.4. The van der Waals surface area contributed by atoms with Gasteiger partial charge in [-0.2, -0.15) is 30.1 Å². The Bertz CT molecular complexity index is 2000. The van der Waals surface area contributed by atoms with E-state index in [-0.39, 0.29) is 0 Å². The van der Waals surface area contributed by atoms with Crippen molar-refractivity contribution < 1.29 is 0 Å². The maximum atomic E-state index is 5.08. The van der Waals surface area contributed by atoms with Crippen molar-refractivity contribution in [2.75, 3.05) is 0 Å². The van der Waals surface area contributed by atoms with Crippen molar-refractivity contribution >= 4 is 56.7 Å². The Kier molecular flexibility index (Phi) is 6.01. The smallest absolute Gasteiger partial charge is 0.205 e. The number of nitrogens with zero attached hydrogens (tertiary/aromatic N) is 11. The van der Waals surface area contributed by atoms with E-state index in [1.807, 2.05) is 46.6 Å². The van der Waals surface area contributed by atoms with E-state index in [1.165, 1.54) is 34.4 Å². The first-order valence-electron chi connectivity index (χ1n) is 13.7. The molecule has 1 aliphatic carbocycles. The van der Waals surface area contributed by atoms with Crippen LogP contribution in [0.5, 0.6) is 0 Å². The third-order valence-electron chi connectivity index (χ3n) is 8.14. The van der Waals surface area contributed by atoms with Crippen LogP contribution in [0.4, 0.5) is 0 Å². The summed E-state index contributed by atoms with van der Waals surface area (Å²) in [5.74, 6) is 0.881. The first kappa shape index (κ1) is 26.6. The number of hydrogen-bond donors (Lipinski definition) is 5. The summed E-state index contributed by atoms with van der Waals surface area (Å²) in [6, 6.07) is 7.88. The van der Waals surface area contributed by atoms with Gasteiger partial charge in [-0.05, 0) is 52.5 Å². The van der Waals surface area contributed by atoms with Crippen LogP contribution in [0.2, 0.25) is 0 Å². The molecule has 1 aliphatic rings. The molecular formula is C27H18N16S3. The Morgan fingerprint density at radius 1 is 0.761 bits per heavy atom. The molecule has 8 heterocycles. The zero-order valence-corrected chi connectivity index (χ0v) is 25.6. The molecule has 46 heavy (non-hydrogen) atoms. The molecule has 0 bridgehead atoms. The summed E-state index contributed by atoms with van der Waals surface area (Å²) in [7, 11) is 0. The molecule has 2 unspecified atom stereocenters. The lowest BCUT2D eigenvalue weighted by Gasteiger charge is -2.53. The molecule has 19 heteroatoms. The van der Waals surface area contributed by atoms with Crippen LogP contribution in [-0.2, 0) is 10.8 Å². The highest BCUT2D eigenvalue weighted by Gasteiger charge is 2.69. The molecule has 8 aromatic rings. The molecule has 0 spiro atoms. The van der Waals surface area contributed by atoms with Crippen molar-refractivity contribution in [1.29, 1.82) is 0 Å². The van der Waals surface area contributed by atoms with Crippen molar-refractivity contribution in [2.24, 2.45) is 0 Å². The summed E-state index contributed by atoms with van der Waals surface area (Å²) in [6.07, 6.45) is 10.5. The molecule has 0 amide bonds. The molecule has 0 saturated heterocycles. The number of aromatic amines is 5. The van der Waals surface area contributed by atoms with Gasteiger partial charge in [0.25, 0.3) is 0 Å². The van der Waals surface area contributed by atoms with Crippen LogP contribution in [0.25, 0.3) is 22.3 Å². The van der Waals surface area contributed by atoms with Gasteiger partial charge in [-0.3, -0.25) is 5.10 Å². The SMILES string of the molecule is c1c[nH]c(C2(c3csnn3)C(c3ccn[nH]3)=C(c3cn[nH]n3)C(c3nn[nH]n3)=C(c3nccs3)C2(c2ccsn2)c2ncc[nH]2)c1. The van der Waals surface area contributed by atoms with Crippen LogP contribution in [0.15, 0.2) is 77.6 Å². The van der Waals surface area contributed by atoms with E-state index in [0.717, 1.165) is 11.3 Å². The zero-order chi connectivity index (χ0) is 30.6. The average molecular weight is 663 g/mol. The Morgan fingerprint density at radius 3 is 2.41 bits per heavy atom. The lowest BCUT2D eigenvalue weighted by molar-refractivity contribution is 0.428. The van der Waals surface area contributed by atoms with Gasteiger partial charge in [-0.1, -0.05) is 4.49 Å². The minimum Gasteiger partial charge on any atom is -0.364 e. The number of hydrogen-bond acceptors (Lipinski definition) is 14. The Labute approximate surface area is 269 Å². The molecule has 224 valence electrons. The highest BCUT2D eigenvalue weighted by Crippen LogP contribution is 2.69. The van der Waals surface area contributed by atoms with E-state index in [1.54, 1.807) is 31.0 Å². The zero-order valence-electron chi connectivity index (χ0n) is 23.1. The quantitative estimate of drug-likeness (QED) is 0.159. The van der Waals surface area contributed by atoms with E-state index in [0.29, 0.717) is 56.2 Å². The third-order valence-corrected chi connectivity index (χ3v) is 10.00. The van der Waals surface area contributed by atoms with Gasteiger partial charge in [-0.15, -0.1) is 26.6 Å². The van der Waals surface area contributed by atoms with E-state index >= 15 is 0 Å². The van der Waals surface area contributed by atoms with Gasteiger partial charge < -0.3 is 9.97 Å². The van der Waals surface area contributed by atoms with Gasteiger partial charge >= 0.3 is 0 Å². The van der Waals surface area contributed by atoms with E-state index < -0.39 is 10.8 Å². The van der Waals surface area contributed by atoms with Crippen LogP contribution in [0, 0.1) is 0 Å². The molecule has 16 nitrogen and oxygen atoms in total. The fraction of sp³-hybridized carbons (Fsp3) is 0.0741. The number of thiazole rings is 1. The predicted octanol–water partition coefficient (Wildman–Crippen LogP) is 3.36. The van der Waals surface area contributed by atoms with Gasteiger partial charge in [0.05, 0.1) is 23.3 Å². The van der Waals surface area contributed by atoms with E-state index in [9.17, 15) is 0 Å². The second-order valence-electron chi connectivity index (χ2n) is 10.1. The van der Waals surface area contributed by atoms with Gasteiger partial charge in [0, 0.05) is 75.1 Å². The summed E-state index contributed by atoms with van der Waals surface area (Å²) >= 11 is 4.05. The number of rotatable bonds is 8. The third kappa shape index (κ3) is 3.49. The molecule has 8 aromatic heterocycles. The fourth-order valence-electron chi connectivity index (χ4n) is 6.72. The summed E-state index contributed by atoms with van der Waals surface area (Å²) in [6.45, 7) is 0. The predicted molar refractivity (Wildman–Crippen MR) is 168 cm³/mol. The normalized spacial score (nSPS) is 20.2. The minimum absolute atomic E-state index is 0.308. The number of H-pyrrole nitrogens is 5. The summed E-state index contributed by atoms with van der Waals surface area (Å²) in [5.41, 5.74) is 3.32. The van der Waals surface area contributed by atoms with Gasteiger partial charge in [0.1, 0.15) is 27.4 Å². The van der Waals surface area contributed by atoms with Crippen LogP contribution in [0.1, 0.15) is 45.1 Å². The maximum Gasteiger partial charge on any atom is 0.205 e. The van der Waals surface area contributed by atoms with Crippen molar-refractivity contribution in [3.63, 3.8) is 0 Å².